The molecule has 5 aromatic rings. The Morgan fingerprint density at radius 3 is 2.64 bits per heavy atom. The van der Waals surface area contributed by atoms with Crippen molar-refractivity contribution in [1.29, 1.82) is 0 Å². The SMILES string of the molecule is CC/C(=C1\c2cc3cnn(-c4ccc(F)nc4)c3cc2COc2ccccc21)c1cccc(NS(C)(=O)=O)c1. The smallest absolute Gasteiger partial charge is 0.229 e. The molecule has 1 aliphatic rings. The summed E-state index contributed by atoms with van der Waals surface area (Å²) < 4.78 is 47.9. The molecule has 3 aromatic carbocycles. The summed E-state index contributed by atoms with van der Waals surface area (Å²) in [6.07, 6.45) is 5.08. The van der Waals surface area contributed by atoms with Crippen molar-refractivity contribution < 1.29 is 17.5 Å². The van der Waals surface area contributed by atoms with Crippen LogP contribution in [0.4, 0.5) is 10.1 Å². The van der Waals surface area contributed by atoms with Crippen LogP contribution in [0.1, 0.15) is 35.6 Å². The molecule has 39 heavy (non-hydrogen) atoms. The molecule has 2 aromatic heterocycles. The van der Waals surface area contributed by atoms with Gasteiger partial charge >= 0.3 is 0 Å². The predicted octanol–water partition coefficient (Wildman–Crippen LogP) is 6.19. The monoisotopic (exact) mass is 540 g/mol. The second-order valence-electron chi connectivity index (χ2n) is 9.41. The molecular formula is C30H25FN4O3S. The van der Waals surface area contributed by atoms with Gasteiger partial charge in [-0.25, -0.2) is 18.1 Å². The van der Waals surface area contributed by atoms with E-state index in [1.54, 1.807) is 23.0 Å². The highest BCUT2D eigenvalue weighted by Crippen LogP contribution is 2.43. The number of nitrogens with zero attached hydrogens (tertiary/aromatic N) is 3. The highest BCUT2D eigenvalue weighted by atomic mass is 32.2. The van der Waals surface area contributed by atoms with E-state index in [1.807, 2.05) is 42.5 Å². The van der Waals surface area contributed by atoms with Crippen molar-refractivity contribution in [3.63, 3.8) is 0 Å². The maximum Gasteiger partial charge on any atom is 0.229 e. The molecule has 0 radical (unpaired) electrons. The highest BCUT2D eigenvalue weighted by molar-refractivity contribution is 7.92. The lowest BCUT2D eigenvalue weighted by atomic mass is 9.86. The van der Waals surface area contributed by atoms with Crippen molar-refractivity contribution in [2.24, 2.45) is 0 Å². The summed E-state index contributed by atoms with van der Waals surface area (Å²) >= 11 is 0. The first-order chi connectivity index (χ1) is 18.8. The first-order valence-corrected chi connectivity index (χ1v) is 14.4. The Hall–Kier alpha value is -4.50. The molecule has 196 valence electrons. The molecule has 9 heteroatoms. The summed E-state index contributed by atoms with van der Waals surface area (Å²) in [6, 6.07) is 22.5. The fourth-order valence-electron chi connectivity index (χ4n) is 5.10. The minimum absolute atomic E-state index is 0.352. The number of sulfonamides is 1. The minimum atomic E-state index is -3.42. The third-order valence-electron chi connectivity index (χ3n) is 6.73. The van der Waals surface area contributed by atoms with Crippen LogP contribution >= 0.6 is 0 Å². The van der Waals surface area contributed by atoms with Crippen molar-refractivity contribution in [3.8, 4) is 11.4 Å². The van der Waals surface area contributed by atoms with Gasteiger partial charge in [0, 0.05) is 16.6 Å². The normalized spacial score (nSPS) is 14.2. The molecule has 0 unspecified atom stereocenters. The second kappa shape index (κ2) is 9.67. The van der Waals surface area contributed by atoms with Gasteiger partial charge < -0.3 is 4.74 Å². The Balaban J connectivity index is 1.59. The molecule has 1 N–H and O–H groups in total. The lowest BCUT2D eigenvalue weighted by Crippen LogP contribution is -2.09. The molecule has 1 aliphatic heterocycles. The van der Waals surface area contributed by atoms with Crippen LogP contribution in [0.2, 0.25) is 0 Å². The summed E-state index contributed by atoms with van der Waals surface area (Å²) in [4.78, 5) is 3.78. The maximum absolute atomic E-state index is 13.4. The van der Waals surface area contributed by atoms with Crippen molar-refractivity contribution in [2.45, 2.75) is 20.0 Å². The van der Waals surface area contributed by atoms with Crippen LogP contribution in [0.5, 0.6) is 5.75 Å². The van der Waals surface area contributed by atoms with Gasteiger partial charge in [-0.15, -0.1) is 0 Å². The Kier molecular flexibility index (Phi) is 6.15. The molecule has 7 nitrogen and oxygen atoms in total. The summed E-state index contributed by atoms with van der Waals surface area (Å²) in [7, 11) is -3.42. The van der Waals surface area contributed by atoms with E-state index in [1.165, 1.54) is 12.3 Å². The van der Waals surface area contributed by atoms with Crippen molar-refractivity contribution in [2.75, 3.05) is 11.0 Å². The molecule has 0 bridgehead atoms. The Morgan fingerprint density at radius 1 is 1.03 bits per heavy atom. The molecule has 0 aliphatic carbocycles. The number of ether oxygens (including phenoxy) is 1. The van der Waals surface area contributed by atoms with E-state index in [4.69, 9.17) is 4.74 Å². The fourth-order valence-corrected chi connectivity index (χ4v) is 5.66. The quantitative estimate of drug-likeness (QED) is 0.269. The zero-order valence-electron chi connectivity index (χ0n) is 21.3. The number of hydrogen-bond donors (Lipinski definition) is 1. The van der Waals surface area contributed by atoms with Crippen LogP contribution < -0.4 is 9.46 Å². The van der Waals surface area contributed by atoms with Gasteiger partial charge in [-0.2, -0.15) is 9.49 Å². The lowest BCUT2D eigenvalue weighted by Gasteiger charge is -2.18. The third-order valence-corrected chi connectivity index (χ3v) is 7.33. The van der Waals surface area contributed by atoms with Crippen LogP contribution in [0, 0.1) is 5.95 Å². The number of pyridine rings is 1. The maximum atomic E-state index is 13.4. The fraction of sp³-hybridized carbons (Fsp3) is 0.133. The zero-order valence-corrected chi connectivity index (χ0v) is 22.2. The van der Waals surface area contributed by atoms with Gasteiger partial charge in [-0.1, -0.05) is 37.3 Å². The number of anilines is 1. The van der Waals surface area contributed by atoms with Gasteiger partial charge in [-0.3, -0.25) is 4.72 Å². The summed E-state index contributed by atoms with van der Waals surface area (Å²) in [6.45, 7) is 2.44. The number of fused-ring (bicyclic) bond motifs is 3. The summed E-state index contributed by atoms with van der Waals surface area (Å²) in [5.41, 5.74) is 7.96. The average Bonchev–Trinajstić information content (AvgIpc) is 3.25. The molecule has 0 spiro atoms. The van der Waals surface area contributed by atoms with E-state index >= 15 is 0 Å². The van der Waals surface area contributed by atoms with Gasteiger partial charge in [0.25, 0.3) is 0 Å². The van der Waals surface area contributed by atoms with Crippen LogP contribution in [0.15, 0.2) is 85.2 Å². The topological polar surface area (TPSA) is 86.1 Å². The highest BCUT2D eigenvalue weighted by Gasteiger charge is 2.24. The number of aromatic nitrogens is 3. The van der Waals surface area contributed by atoms with Crippen LogP contribution in [0.25, 0.3) is 27.7 Å². The largest absolute Gasteiger partial charge is 0.488 e. The number of nitrogens with one attached hydrogen (secondary N) is 1. The molecule has 6 rings (SSSR count). The van der Waals surface area contributed by atoms with Crippen molar-refractivity contribution >= 4 is 37.8 Å². The van der Waals surface area contributed by atoms with E-state index in [-0.39, 0.29) is 0 Å². The molecule has 3 heterocycles. The molecule has 0 fully saturated rings. The number of halogens is 1. The molecule has 0 saturated carbocycles. The molecule has 0 amide bonds. The number of allylic oxidation sites excluding steroid dienone is 1. The number of hydrogen-bond acceptors (Lipinski definition) is 5. The minimum Gasteiger partial charge on any atom is -0.488 e. The number of benzene rings is 3. The summed E-state index contributed by atoms with van der Waals surface area (Å²) in [5, 5.41) is 5.47. The van der Waals surface area contributed by atoms with Gasteiger partial charge in [0.1, 0.15) is 12.4 Å². The van der Waals surface area contributed by atoms with E-state index in [0.29, 0.717) is 24.4 Å². The van der Waals surface area contributed by atoms with Crippen molar-refractivity contribution in [1.82, 2.24) is 14.8 Å². The van der Waals surface area contributed by atoms with Gasteiger partial charge in [0.05, 0.1) is 29.9 Å². The van der Waals surface area contributed by atoms with Crippen LogP contribution in [0.3, 0.4) is 0 Å². The lowest BCUT2D eigenvalue weighted by molar-refractivity contribution is 0.307. The number of rotatable bonds is 5. The summed E-state index contributed by atoms with van der Waals surface area (Å²) in [5.74, 6) is 0.224. The van der Waals surface area contributed by atoms with Gasteiger partial charge in [-0.05, 0) is 76.7 Å². The van der Waals surface area contributed by atoms with Gasteiger partial charge in [0.15, 0.2) is 0 Å². The zero-order chi connectivity index (χ0) is 27.1. The van der Waals surface area contributed by atoms with Crippen LogP contribution in [-0.2, 0) is 16.6 Å². The van der Waals surface area contributed by atoms with E-state index < -0.39 is 16.0 Å². The molecular weight excluding hydrogens is 515 g/mol. The van der Waals surface area contributed by atoms with Crippen molar-refractivity contribution in [3.05, 3.63) is 113 Å². The Morgan fingerprint density at radius 2 is 1.87 bits per heavy atom. The van der Waals surface area contributed by atoms with E-state index in [9.17, 15) is 12.8 Å². The Labute approximate surface area is 225 Å². The molecule has 0 saturated heterocycles. The van der Waals surface area contributed by atoms with E-state index in [0.717, 1.165) is 56.3 Å². The Bertz CT molecular complexity index is 1860. The first kappa shape index (κ1) is 24.8. The number of para-hydroxylation sites is 1. The van der Waals surface area contributed by atoms with Gasteiger partial charge in [0.2, 0.25) is 16.0 Å². The predicted molar refractivity (Wildman–Crippen MR) is 151 cm³/mol. The third kappa shape index (κ3) is 4.77. The second-order valence-corrected chi connectivity index (χ2v) is 11.2. The standard InChI is InChI=1S/C30H25FN4O3S/c1-3-24(19-7-6-8-22(13-19)34-39(2,36)37)30-25-9-4-5-10-28(25)38-18-21-15-27-20(14-26(21)30)16-33-35(27)23-11-12-29(31)32-17-23/h4-17,34H,3,18H2,1-2H3/b30-24+. The average molecular weight is 541 g/mol. The molecule has 0 atom stereocenters. The first-order valence-electron chi connectivity index (χ1n) is 12.5. The van der Waals surface area contributed by atoms with E-state index in [2.05, 4.69) is 33.9 Å². The van der Waals surface area contributed by atoms with Crippen LogP contribution in [-0.4, -0.2) is 29.4 Å².